The number of aromatic nitrogens is 2. The van der Waals surface area contributed by atoms with Gasteiger partial charge < -0.3 is 20.1 Å². The van der Waals surface area contributed by atoms with Crippen LogP contribution in [0.3, 0.4) is 0 Å². The molecule has 8 nitrogen and oxygen atoms in total. The lowest BCUT2D eigenvalue weighted by Gasteiger charge is -2.09. The number of benzene rings is 1. The summed E-state index contributed by atoms with van der Waals surface area (Å²) in [4.78, 5) is 25.1. The van der Waals surface area contributed by atoms with Gasteiger partial charge in [-0.2, -0.15) is 5.10 Å². The molecule has 0 atom stereocenters. The minimum atomic E-state index is -0.533. The third-order valence-electron chi connectivity index (χ3n) is 4.38. The highest BCUT2D eigenvalue weighted by Crippen LogP contribution is 2.34. The average Bonchev–Trinajstić information content (AvgIpc) is 3.32. The first kappa shape index (κ1) is 23.4. The molecule has 0 aliphatic rings. The number of carbonyl (C=O) groups excluding carboxylic acids is 2. The van der Waals surface area contributed by atoms with Crippen LogP contribution in [0.15, 0.2) is 42.6 Å². The number of nitrogens with zero attached hydrogens (tertiary/aromatic N) is 2. The van der Waals surface area contributed by atoms with Crippen molar-refractivity contribution in [3.8, 4) is 0 Å². The van der Waals surface area contributed by atoms with Gasteiger partial charge in [-0.05, 0) is 44.1 Å². The van der Waals surface area contributed by atoms with Crippen molar-refractivity contribution >= 4 is 51.4 Å². The lowest BCUT2D eigenvalue weighted by atomic mass is 10.1. The molecule has 0 saturated heterocycles. The van der Waals surface area contributed by atoms with Gasteiger partial charge in [0.2, 0.25) is 0 Å². The van der Waals surface area contributed by atoms with Crippen LogP contribution in [-0.4, -0.2) is 40.0 Å². The van der Waals surface area contributed by atoms with E-state index in [1.54, 1.807) is 31.5 Å². The van der Waals surface area contributed by atoms with E-state index in [4.69, 9.17) is 21.7 Å². The molecule has 0 fully saturated rings. The first-order valence-corrected chi connectivity index (χ1v) is 11.3. The van der Waals surface area contributed by atoms with E-state index >= 15 is 0 Å². The van der Waals surface area contributed by atoms with E-state index in [1.807, 2.05) is 36.5 Å². The summed E-state index contributed by atoms with van der Waals surface area (Å²) in [6.45, 7) is 6.20. The second kappa shape index (κ2) is 10.9. The molecule has 1 aromatic carbocycles. The van der Waals surface area contributed by atoms with Crippen LogP contribution >= 0.6 is 23.6 Å². The van der Waals surface area contributed by atoms with Crippen LogP contribution in [-0.2, 0) is 16.0 Å². The third-order valence-corrected chi connectivity index (χ3v) is 5.78. The third kappa shape index (κ3) is 5.71. The van der Waals surface area contributed by atoms with Gasteiger partial charge in [0.15, 0.2) is 10.9 Å². The van der Waals surface area contributed by atoms with E-state index in [-0.39, 0.29) is 23.9 Å². The zero-order valence-electron chi connectivity index (χ0n) is 18.0. The predicted molar refractivity (Wildman–Crippen MR) is 129 cm³/mol. The van der Waals surface area contributed by atoms with Crippen molar-refractivity contribution in [3.05, 3.63) is 64.2 Å². The molecule has 0 aliphatic heterocycles. The normalized spacial score (nSPS) is 10.5. The van der Waals surface area contributed by atoms with E-state index in [9.17, 15) is 9.59 Å². The maximum atomic E-state index is 12.5. The SMILES string of the molecule is CCOC(=O)c1sc(NC(=S)Nc2ccn(Cc3ccccc3)n2)c(C(=O)OCC)c1C. The second-order valence-electron chi connectivity index (χ2n) is 6.66. The predicted octanol–water partition coefficient (Wildman–Crippen LogP) is 4.46. The summed E-state index contributed by atoms with van der Waals surface area (Å²) >= 11 is 6.50. The number of thiocarbonyl (C=S) groups is 1. The maximum Gasteiger partial charge on any atom is 0.348 e. The molecular weight excluding hydrogens is 448 g/mol. The number of esters is 2. The van der Waals surface area contributed by atoms with E-state index in [1.165, 1.54) is 0 Å². The molecule has 0 bridgehead atoms. The Kier molecular flexibility index (Phi) is 7.96. The monoisotopic (exact) mass is 472 g/mol. The first-order chi connectivity index (χ1) is 15.4. The Morgan fingerprint density at radius 3 is 2.44 bits per heavy atom. The van der Waals surface area contributed by atoms with Crippen molar-refractivity contribution in [2.45, 2.75) is 27.3 Å². The zero-order chi connectivity index (χ0) is 23.1. The van der Waals surface area contributed by atoms with Crippen molar-refractivity contribution in [3.63, 3.8) is 0 Å². The molecule has 32 heavy (non-hydrogen) atoms. The molecule has 0 unspecified atom stereocenters. The molecule has 2 N–H and O–H groups in total. The van der Waals surface area contributed by atoms with Gasteiger partial charge >= 0.3 is 11.9 Å². The Balaban J connectivity index is 1.74. The van der Waals surface area contributed by atoms with Gasteiger partial charge in [-0.1, -0.05) is 30.3 Å². The molecule has 168 valence electrons. The van der Waals surface area contributed by atoms with Gasteiger partial charge in [-0.3, -0.25) is 4.68 Å². The summed E-state index contributed by atoms with van der Waals surface area (Å²) in [6, 6.07) is 11.8. The molecule has 3 rings (SSSR count). The highest BCUT2D eigenvalue weighted by atomic mass is 32.1. The number of rotatable bonds is 8. The molecule has 3 aromatic rings. The van der Waals surface area contributed by atoms with Crippen molar-refractivity contribution in [2.75, 3.05) is 23.8 Å². The lowest BCUT2D eigenvalue weighted by Crippen LogP contribution is -2.20. The topological polar surface area (TPSA) is 94.5 Å². The van der Waals surface area contributed by atoms with Crippen molar-refractivity contribution in [2.24, 2.45) is 0 Å². The Hall–Kier alpha value is -3.24. The van der Waals surface area contributed by atoms with Crippen LogP contribution in [0.2, 0.25) is 0 Å². The average molecular weight is 473 g/mol. The standard InChI is InChI=1S/C22H24N4O4S2/c1-4-29-20(27)17-14(3)18(21(28)30-5-2)32-19(17)24-22(31)23-16-11-12-26(25-16)13-15-9-7-6-8-10-15/h6-12H,4-5,13H2,1-3H3,(H2,23,24,25,31). The van der Waals surface area contributed by atoms with Gasteiger partial charge in [0.1, 0.15) is 9.88 Å². The fourth-order valence-electron chi connectivity index (χ4n) is 2.98. The van der Waals surface area contributed by atoms with Crippen molar-refractivity contribution in [1.82, 2.24) is 9.78 Å². The summed E-state index contributed by atoms with van der Waals surface area (Å²) in [5.74, 6) is -0.476. The molecule has 10 heteroatoms. The van der Waals surface area contributed by atoms with Crippen LogP contribution in [0, 0.1) is 6.92 Å². The van der Waals surface area contributed by atoms with Crippen LogP contribution in [0.1, 0.15) is 45.0 Å². The highest BCUT2D eigenvalue weighted by Gasteiger charge is 2.26. The minimum absolute atomic E-state index is 0.212. The van der Waals surface area contributed by atoms with Crippen molar-refractivity contribution < 1.29 is 19.1 Å². The van der Waals surface area contributed by atoms with Crippen molar-refractivity contribution in [1.29, 1.82) is 0 Å². The van der Waals surface area contributed by atoms with Crippen LogP contribution in [0.25, 0.3) is 0 Å². The summed E-state index contributed by atoms with van der Waals surface area (Å²) in [6.07, 6.45) is 1.84. The van der Waals surface area contributed by atoms with E-state index < -0.39 is 11.9 Å². The van der Waals surface area contributed by atoms with Gasteiger partial charge in [0, 0.05) is 12.3 Å². The van der Waals surface area contributed by atoms with Gasteiger partial charge in [0.25, 0.3) is 0 Å². The fourth-order valence-corrected chi connectivity index (χ4v) is 4.34. The molecule has 0 aliphatic carbocycles. The summed E-state index contributed by atoms with van der Waals surface area (Å²) < 4.78 is 12.0. The largest absolute Gasteiger partial charge is 0.462 e. The molecule has 0 radical (unpaired) electrons. The summed E-state index contributed by atoms with van der Waals surface area (Å²) in [5.41, 5.74) is 1.88. The number of thiophene rings is 1. The van der Waals surface area contributed by atoms with E-state index in [2.05, 4.69) is 15.7 Å². The highest BCUT2D eigenvalue weighted by molar-refractivity contribution is 7.80. The maximum absolute atomic E-state index is 12.5. The Labute approximate surface area is 195 Å². The van der Waals surface area contributed by atoms with Crippen LogP contribution in [0.5, 0.6) is 0 Å². The number of ether oxygens (including phenoxy) is 2. The number of hydrogen-bond acceptors (Lipinski definition) is 7. The molecule has 0 spiro atoms. The Morgan fingerprint density at radius 1 is 1.06 bits per heavy atom. The smallest absolute Gasteiger partial charge is 0.348 e. The van der Waals surface area contributed by atoms with Gasteiger partial charge in [-0.15, -0.1) is 11.3 Å². The summed E-state index contributed by atoms with van der Waals surface area (Å²) in [5, 5.41) is 11.1. The molecule has 2 aromatic heterocycles. The van der Waals surface area contributed by atoms with Crippen LogP contribution in [0.4, 0.5) is 10.8 Å². The number of nitrogens with one attached hydrogen (secondary N) is 2. The number of carbonyl (C=O) groups is 2. The molecular formula is C22H24N4O4S2. The Bertz CT molecular complexity index is 1110. The first-order valence-electron chi connectivity index (χ1n) is 10.1. The molecule has 0 saturated carbocycles. The number of hydrogen-bond donors (Lipinski definition) is 2. The zero-order valence-corrected chi connectivity index (χ0v) is 19.6. The van der Waals surface area contributed by atoms with Crippen LogP contribution < -0.4 is 10.6 Å². The van der Waals surface area contributed by atoms with Gasteiger partial charge in [0.05, 0.1) is 25.3 Å². The lowest BCUT2D eigenvalue weighted by molar-refractivity contribution is 0.0527. The summed E-state index contributed by atoms with van der Waals surface area (Å²) in [7, 11) is 0. The molecule has 0 amide bonds. The Morgan fingerprint density at radius 2 is 1.75 bits per heavy atom. The second-order valence-corrected chi connectivity index (χ2v) is 8.09. The fraction of sp³-hybridized carbons (Fsp3) is 0.273. The molecule has 2 heterocycles. The minimum Gasteiger partial charge on any atom is -0.462 e. The quantitative estimate of drug-likeness (QED) is 0.366. The van der Waals surface area contributed by atoms with Gasteiger partial charge in [-0.25, -0.2) is 9.59 Å². The number of anilines is 2. The van der Waals surface area contributed by atoms with E-state index in [0.717, 1.165) is 16.9 Å². The van der Waals surface area contributed by atoms with E-state index in [0.29, 0.717) is 27.8 Å².